The first-order valence-corrected chi connectivity index (χ1v) is 6.25. The first-order chi connectivity index (χ1) is 8.79. The molecule has 1 fully saturated rings. The molecule has 7 heteroatoms. The van der Waals surface area contributed by atoms with Crippen LogP contribution in [-0.2, 0) is 11.3 Å². The second-order valence-corrected chi connectivity index (χ2v) is 4.43. The molecule has 0 atom stereocenters. The standard InChI is InChI=1S/C11H19N5O2/c12-3-5-16-7-10(14-15-16)11(17)13-4-6-18-8-9-1-2-9/h7,9H,1-6,8,12H2,(H,13,17). The Balaban J connectivity index is 1.62. The highest BCUT2D eigenvalue weighted by Crippen LogP contribution is 2.28. The average molecular weight is 253 g/mol. The molecule has 100 valence electrons. The van der Waals surface area contributed by atoms with E-state index in [1.54, 1.807) is 10.9 Å². The van der Waals surface area contributed by atoms with Crippen LogP contribution in [-0.4, -0.2) is 47.2 Å². The normalized spacial score (nSPS) is 14.7. The van der Waals surface area contributed by atoms with Gasteiger partial charge in [0.2, 0.25) is 0 Å². The zero-order chi connectivity index (χ0) is 12.8. The van der Waals surface area contributed by atoms with Gasteiger partial charge in [-0.1, -0.05) is 5.21 Å². The summed E-state index contributed by atoms with van der Waals surface area (Å²) in [6.07, 6.45) is 4.14. The van der Waals surface area contributed by atoms with Gasteiger partial charge in [0.1, 0.15) is 0 Å². The van der Waals surface area contributed by atoms with E-state index in [-0.39, 0.29) is 5.91 Å². The molecule has 1 amide bonds. The Morgan fingerprint density at radius 1 is 1.61 bits per heavy atom. The molecule has 1 aromatic rings. The molecule has 1 saturated carbocycles. The summed E-state index contributed by atoms with van der Waals surface area (Å²) < 4.78 is 6.97. The molecule has 1 heterocycles. The van der Waals surface area contributed by atoms with Gasteiger partial charge in [-0.15, -0.1) is 5.10 Å². The van der Waals surface area contributed by atoms with Crippen molar-refractivity contribution in [3.63, 3.8) is 0 Å². The summed E-state index contributed by atoms with van der Waals surface area (Å²) in [6.45, 7) is 2.88. The first kappa shape index (κ1) is 13.0. The lowest BCUT2D eigenvalue weighted by Gasteiger charge is -2.03. The zero-order valence-corrected chi connectivity index (χ0v) is 10.3. The third kappa shape index (κ3) is 4.08. The Morgan fingerprint density at radius 2 is 2.44 bits per heavy atom. The maximum Gasteiger partial charge on any atom is 0.273 e. The van der Waals surface area contributed by atoms with E-state index in [2.05, 4.69) is 15.6 Å². The molecule has 0 spiro atoms. The number of carbonyl (C=O) groups excluding carboxylic acids is 1. The monoisotopic (exact) mass is 253 g/mol. The van der Waals surface area contributed by atoms with Crippen molar-refractivity contribution in [1.82, 2.24) is 20.3 Å². The number of nitrogens with zero attached hydrogens (tertiary/aromatic N) is 3. The first-order valence-electron chi connectivity index (χ1n) is 6.25. The minimum atomic E-state index is -0.228. The fourth-order valence-electron chi connectivity index (χ4n) is 1.51. The minimum absolute atomic E-state index is 0.228. The maximum absolute atomic E-state index is 11.7. The lowest BCUT2D eigenvalue weighted by Crippen LogP contribution is -2.27. The van der Waals surface area contributed by atoms with Crippen molar-refractivity contribution in [3.8, 4) is 0 Å². The van der Waals surface area contributed by atoms with Gasteiger partial charge in [0.15, 0.2) is 5.69 Å². The lowest BCUT2D eigenvalue weighted by atomic mass is 10.4. The number of rotatable bonds is 8. The van der Waals surface area contributed by atoms with Gasteiger partial charge in [0.25, 0.3) is 5.91 Å². The van der Waals surface area contributed by atoms with Crippen molar-refractivity contribution in [2.24, 2.45) is 11.7 Å². The van der Waals surface area contributed by atoms with Crippen molar-refractivity contribution in [1.29, 1.82) is 0 Å². The van der Waals surface area contributed by atoms with Crippen molar-refractivity contribution < 1.29 is 9.53 Å². The summed E-state index contributed by atoms with van der Waals surface area (Å²) >= 11 is 0. The van der Waals surface area contributed by atoms with Gasteiger partial charge in [0.05, 0.1) is 19.3 Å². The van der Waals surface area contributed by atoms with Crippen LogP contribution < -0.4 is 11.1 Å². The third-order valence-electron chi connectivity index (χ3n) is 2.71. The minimum Gasteiger partial charge on any atom is -0.379 e. The second kappa shape index (κ2) is 6.46. The number of aromatic nitrogens is 3. The summed E-state index contributed by atoms with van der Waals surface area (Å²) in [5.74, 6) is 0.519. The van der Waals surface area contributed by atoms with Crippen LogP contribution in [0.15, 0.2) is 6.20 Å². The number of ether oxygens (including phenoxy) is 1. The molecule has 0 saturated heterocycles. The SMILES string of the molecule is NCCn1cc(C(=O)NCCOCC2CC2)nn1. The fourth-order valence-corrected chi connectivity index (χ4v) is 1.51. The Bertz CT molecular complexity index is 389. The third-order valence-corrected chi connectivity index (χ3v) is 2.71. The molecule has 1 aliphatic carbocycles. The van der Waals surface area contributed by atoms with Crippen LogP contribution in [0.2, 0.25) is 0 Å². The van der Waals surface area contributed by atoms with E-state index in [0.717, 1.165) is 12.5 Å². The predicted molar refractivity (Wildman–Crippen MR) is 65.0 cm³/mol. The molecule has 18 heavy (non-hydrogen) atoms. The average Bonchev–Trinajstić information content (AvgIpc) is 3.07. The van der Waals surface area contributed by atoms with Gasteiger partial charge >= 0.3 is 0 Å². The van der Waals surface area contributed by atoms with Crippen molar-refractivity contribution >= 4 is 5.91 Å². The molecule has 0 radical (unpaired) electrons. The van der Waals surface area contributed by atoms with E-state index in [1.807, 2.05) is 0 Å². The molecule has 0 unspecified atom stereocenters. The van der Waals surface area contributed by atoms with Crippen molar-refractivity contribution in [3.05, 3.63) is 11.9 Å². The maximum atomic E-state index is 11.7. The fraction of sp³-hybridized carbons (Fsp3) is 0.727. The molecule has 0 aromatic carbocycles. The van der Waals surface area contributed by atoms with Gasteiger partial charge in [-0.25, -0.2) is 0 Å². The van der Waals surface area contributed by atoms with E-state index in [4.69, 9.17) is 10.5 Å². The van der Waals surface area contributed by atoms with Crippen LogP contribution in [0, 0.1) is 5.92 Å². The van der Waals surface area contributed by atoms with Gasteiger partial charge in [0, 0.05) is 19.7 Å². The Morgan fingerprint density at radius 3 is 3.17 bits per heavy atom. The summed E-state index contributed by atoms with van der Waals surface area (Å²) in [4.78, 5) is 11.7. The molecule has 3 N–H and O–H groups in total. The van der Waals surface area contributed by atoms with E-state index in [9.17, 15) is 4.79 Å². The van der Waals surface area contributed by atoms with Crippen LogP contribution in [0.25, 0.3) is 0 Å². The summed E-state index contributed by atoms with van der Waals surface area (Å²) in [5.41, 5.74) is 5.69. The van der Waals surface area contributed by atoms with Gasteiger partial charge in [-0.3, -0.25) is 9.48 Å². The van der Waals surface area contributed by atoms with Gasteiger partial charge in [-0.2, -0.15) is 0 Å². The number of nitrogens with one attached hydrogen (secondary N) is 1. The lowest BCUT2D eigenvalue weighted by molar-refractivity contribution is 0.0902. The topological polar surface area (TPSA) is 95.1 Å². The number of nitrogens with two attached hydrogens (primary N) is 1. The Labute approximate surface area is 106 Å². The number of amides is 1. The highest BCUT2D eigenvalue weighted by atomic mass is 16.5. The molecular weight excluding hydrogens is 234 g/mol. The van der Waals surface area contributed by atoms with E-state index >= 15 is 0 Å². The molecule has 0 bridgehead atoms. The quantitative estimate of drug-likeness (QED) is 0.603. The van der Waals surface area contributed by atoms with Gasteiger partial charge in [-0.05, 0) is 18.8 Å². The highest BCUT2D eigenvalue weighted by molar-refractivity contribution is 5.91. The Kier molecular flexibility index (Phi) is 4.66. The van der Waals surface area contributed by atoms with Crippen LogP contribution >= 0.6 is 0 Å². The summed E-state index contributed by atoms with van der Waals surface area (Å²) in [7, 11) is 0. The molecule has 0 aliphatic heterocycles. The van der Waals surface area contributed by atoms with E-state index < -0.39 is 0 Å². The van der Waals surface area contributed by atoms with Crippen LogP contribution in [0.4, 0.5) is 0 Å². The second-order valence-electron chi connectivity index (χ2n) is 4.43. The zero-order valence-electron chi connectivity index (χ0n) is 10.3. The molecular formula is C11H19N5O2. The number of hydrogen-bond donors (Lipinski definition) is 2. The van der Waals surface area contributed by atoms with Gasteiger partial charge < -0.3 is 15.8 Å². The predicted octanol–water partition coefficient (Wildman–Crippen LogP) is -0.607. The van der Waals surface area contributed by atoms with Crippen LogP contribution in [0.3, 0.4) is 0 Å². The summed E-state index contributed by atoms with van der Waals surface area (Å²) in [5, 5.41) is 10.3. The van der Waals surface area contributed by atoms with Crippen molar-refractivity contribution in [2.45, 2.75) is 19.4 Å². The number of hydrogen-bond acceptors (Lipinski definition) is 5. The van der Waals surface area contributed by atoms with Crippen molar-refractivity contribution in [2.75, 3.05) is 26.3 Å². The van der Waals surface area contributed by atoms with E-state index in [1.165, 1.54) is 12.8 Å². The van der Waals surface area contributed by atoms with Crippen LogP contribution in [0.5, 0.6) is 0 Å². The van der Waals surface area contributed by atoms with Crippen LogP contribution in [0.1, 0.15) is 23.3 Å². The summed E-state index contributed by atoms with van der Waals surface area (Å²) in [6, 6.07) is 0. The van der Waals surface area contributed by atoms with E-state index in [0.29, 0.717) is 31.9 Å². The molecule has 2 rings (SSSR count). The number of carbonyl (C=O) groups is 1. The largest absolute Gasteiger partial charge is 0.379 e. The Hall–Kier alpha value is -1.47. The smallest absolute Gasteiger partial charge is 0.273 e. The highest BCUT2D eigenvalue weighted by Gasteiger charge is 2.20. The molecule has 7 nitrogen and oxygen atoms in total. The molecule has 1 aromatic heterocycles. The molecule has 1 aliphatic rings.